The quantitative estimate of drug-likeness (QED) is 0.456. The molecule has 29 heavy (non-hydrogen) atoms. The number of hydrogen-bond donors (Lipinski definition) is 1. The summed E-state index contributed by atoms with van der Waals surface area (Å²) < 4.78 is 19.0. The predicted molar refractivity (Wildman–Crippen MR) is 105 cm³/mol. The number of methoxy groups -OCH3 is 1. The van der Waals surface area contributed by atoms with Crippen LogP contribution in [0.5, 0.6) is 5.75 Å². The zero-order chi connectivity index (χ0) is 21.1. The summed E-state index contributed by atoms with van der Waals surface area (Å²) in [6, 6.07) is 8.12. The van der Waals surface area contributed by atoms with Crippen molar-refractivity contribution in [1.82, 2.24) is 14.8 Å². The lowest BCUT2D eigenvalue weighted by Crippen LogP contribution is -2.35. The largest absolute Gasteiger partial charge is 0.507 e. The van der Waals surface area contributed by atoms with Crippen LogP contribution in [-0.4, -0.2) is 65.9 Å². The number of carbonyl (C=O) groups excluding carboxylic acids is 2. The number of pyridine rings is 1. The fourth-order valence-corrected chi connectivity index (χ4v) is 3.23. The van der Waals surface area contributed by atoms with Gasteiger partial charge in [-0.1, -0.05) is 6.07 Å². The molecular formula is C21H22FN3O4. The first-order valence-electron chi connectivity index (χ1n) is 9.03. The number of halogens is 1. The van der Waals surface area contributed by atoms with Crippen LogP contribution in [-0.2, 0) is 9.59 Å². The fraction of sp³-hybridized carbons (Fsp3) is 0.286. The summed E-state index contributed by atoms with van der Waals surface area (Å²) in [6.07, 6.45) is 1.55. The van der Waals surface area contributed by atoms with E-state index in [4.69, 9.17) is 4.74 Å². The van der Waals surface area contributed by atoms with Gasteiger partial charge in [0.15, 0.2) is 11.6 Å². The van der Waals surface area contributed by atoms with Gasteiger partial charge < -0.3 is 19.6 Å². The third-order valence-electron chi connectivity index (χ3n) is 4.72. The highest BCUT2D eigenvalue weighted by Gasteiger charge is 2.46. The van der Waals surface area contributed by atoms with Crippen molar-refractivity contribution in [2.75, 3.05) is 34.3 Å². The van der Waals surface area contributed by atoms with Crippen molar-refractivity contribution in [3.05, 3.63) is 65.2 Å². The normalized spacial score (nSPS) is 18.5. The third-order valence-corrected chi connectivity index (χ3v) is 4.72. The molecule has 2 aromatic rings. The van der Waals surface area contributed by atoms with Crippen molar-refractivity contribution in [2.24, 2.45) is 0 Å². The molecule has 0 spiro atoms. The lowest BCUT2D eigenvalue weighted by Gasteiger charge is -2.25. The van der Waals surface area contributed by atoms with Crippen LogP contribution in [0, 0.1) is 5.82 Å². The number of aromatic nitrogens is 1. The Morgan fingerprint density at radius 2 is 2.03 bits per heavy atom. The van der Waals surface area contributed by atoms with Gasteiger partial charge in [-0.25, -0.2) is 4.39 Å². The van der Waals surface area contributed by atoms with Crippen molar-refractivity contribution < 1.29 is 23.8 Å². The number of nitrogens with zero attached hydrogens (tertiary/aromatic N) is 3. The Kier molecular flexibility index (Phi) is 5.93. The summed E-state index contributed by atoms with van der Waals surface area (Å²) in [6.45, 7) is 0.792. The predicted octanol–water partition coefficient (Wildman–Crippen LogP) is 2.21. The number of amides is 1. The summed E-state index contributed by atoms with van der Waals surface area (Å²) in [7, 11) is 5.04. The van der Waals surface area contributed by atoms with Gasteiger partial charge in [-0.2, -0.15) is 0 Å². The number of aliphatic hydroxyl groups is 1. The highest BCUT2D eigenvalue weighted by Crippen LogP contribution is 2.38. The van der Waals surface area contributed by atoms with Gasteiger partial charge in [-0.15, -0.1) is 0 Å². The number of ether oxygens (including phenoxy) is 1. The van der Waals surface area contributed by atoms with Crippen molar-refractivity contribution in [1.29, 1.82) is 0 Å². The van der Waals surface area contributed by atoms with E-state index in [1.807, 2.05) is 19.0 Å². The van der Waals surface area contributed by atoms with Gasteiger partial charge in [0, 0.05) is 24.8 Å². The van der Waals surface area contributed by atoms with E-state index >= 15 is 0 Å². The molecule has 1 aromatic carbocycles. The standard InChI is InChI=1S/C21H22FN3O4/c1-24(2)10-11-25-18(15-6-4-5-9-23-15)17(20(27)21(25)28)19(26)13-7-8-16(29-3)14(22)12-13/h4-9,12,18,26H,10-11H2,1-3H3/b19-17+. The van der Waals surface area contributed by atoms with Crippen LogP contribution in [0.2, 0.25) is 0 Å². The monoisotopic (exact) mass is 399 g/mol. The summed E-state index contributed by atoms with van der Waals surface area (Å²) in [4.78, 5) is 33.1. The first kappa shape index (κ1) is 20.5. The zero-order valence-electron chi connectivity index (χ0n) is 16.4. The fourth-order valence-electron chi connectivity index (χ4n) is 3.23. The first-order valence-corrected chi connectivity index (χ1v) is 9.03. The number of ketones is 1. The molecule has 1 N–H and O–H groups in total. The van der Waals surface area contributed by atoms with E-state index < -0.39 is 29.3 Å². The number of benzene rings is 1. The topological polar surface area (TPSA) is 83.0 Å². The summed E-state index contributed by atoms with van der Waals surface area (Å²) in [5.41, 5.74) is 0.410. The van der Waals surface area contributed by atoms with E-state index in [-0.39, 0.29) is 23.4 Å². The van der Waals surface area contributed by atoms with Gasteiger partial charge >= 0.3 is 0 Å². The van der Waals surface area contributed by atoms with E-state index in [9.17, 15) is 19.1 Å². The zero-order valence-corrected chi connectivity index (χ0v) is 16.4. The second-order valence-corrected chi connectivity index (χ2v) is 6.90. The van der Waals surface area contributed by atoms with Crippen molar-refractivity contribution in [3.63, 3.8) is 0 Å². The highest BCUT2D eigenvalue weighted by molar-refractivity contribution is 6.46. The van der Waals surface area contributed by atoms with E-state index in [0.717, 1.165) is 6.07 Å². The Balaban J connectivity index is 2.13. The van der Waals surface area contributed by atoms with Crippen LogP contribution < -0.4 is 4.74 Å². The highest BCUT2D eigenvalue weighted by atomic mass is 19.1. The molecule has 1 unspecified atom stereocenters. The minimum atomic E-state index is -0.860. The molecular weight excluding hydrogens is 377 g/mol. The van der Waals surface area contributed by atoms with Crippen LogP contribution in [0.25, 0.3) is 5.76 Å². The van der Waals surface area contributed by atoms with Crippen molar-refractivity contribution >= 4 is 17.4 Å². The summed E-state index contributed by atoms with van der Waals surface area (Å²) in [5, 5.41) is 10.9. The Morgan fingerprint density at radius 1 is 1.28 bits per heavy atom. The Hall–Kier alpha value is -3.26. The number of Topliss-reactive ketones (excluding diaryl/α,β-unsaturated/α-hetero) is 1. The van der Waals surface area contributed by atoms with Crippen molar-refractivity contribution in [2.45, 2.75) is 6.04 Å². The van der Waals surface area contributed by atoms with Gasteiger partial charge in [0.25, 0.3) is 11.7 Å². The lowest BCUT2D eigenvalue weighted by molar-refractivity contribution is -0.140. The smallest absolute Gasteiger partial charge is 0.295 e. The molecule has 152 valence electrons. The Bertz CT molecular complexity index is 960. The second kappa shape index (κ2) is 8.40. The van der Waals surface area contributed by atoms with Gasteiger partial charge in [0.1, 0.15) is 11.8 Å². The average molecular weight is 399 g/mol. The maximum Gasteiger partial charge on any atom is 0.295 e. The molecule has 8 heteroatoms. The second-order valence-electron chi connectivity index (χ2n) is 6.90. The molecule has 1 aromatic heterocycles. The number of likely N-dealkylation sites (tertiary alicyclic amines) is 1. The summed E-state index contributed by atoms with van der Waals surface area (Å²) in [5.74, 6) is -2.68. The van der Waals surface area contributed by atoms with Crippen LogP contribution in [0.1, 0.15) is 17.3 Å². The summed E-state index contributed by atoms with van der Waals surface area (Å²) >= 11 is 0. The maximum atomic E-state index is 14.1. The van der Waals surface area contributed by atoms with E-state index in [1.165, 1.54) is 24.1 Å². The molecule has 1 saturated heterocycles. The SMILES string of the molecule is COc1ccc(/C(O)=C2\C(=O)C(=O)N(CCN(C)C)C2c2ccccn2)cc1F. The molecule has 1 amide bonds. The average Bonchev–Trinajstić information content (AvgIpc) is 2.97. The molecule has 1 atom stereocenters. The number of carbonyl (C=O) groups is 2. The van der Waals surface area contributed by atoms with E-state index in [2.05, 4.69) is 4.98 Å². The number of hydrogen-bond acceptors (Lipinski definition) is 6. The molecule has 0 aliphatic carbocycles. The molecule has 3 rings (SSSR count). The van der Waals surface area contributed by atoms with Gasteiger partial charge in [-0.3, -0.25) is 14.6 Å². The Labute approximate surface area is 168 Å². The van der Waals surface area contributed by atoms with Gasteiger partial charge in [0.2, 0.25) is 0 Å². The molecule has 1 fully saturated rings. The van der Waals surface area contributed by atoms with Gasteiger partial charge in [0.05, 0.1) is 18.4 Å². The van der Waals surface area contributed by atoms with Crippen LogP contribution in [0.15, 0.2) is 48.2 Å². The molecule has 1 aliphatic rings. The number of likely N-dealkylation sites (N-methyl/N-ethyl adjacent to an activating group) is 1. The first-order chi connectivity index (χ1) is 13.8. The number of aliphatic hydroxyl groups excluding tert-OH is 1. The Morgan fingerprint density at radius 3 is 2.62 bits per heavy atom. The molecule has 2 heterocycles. The lowest BCUT2D eigenvalue weighted by atomic mass is 9.98. The van der Waals surface area contributed by atoms with Crippen LogP contribution >= 0.6 is 0 Å². The number of rotatable bonds is 6. The molecule has 0 saturated carbocycles. The third kappa shape index (κ3) is 3.97. The van der Waals surface area contributed by atoms with Gasteiger partial charge in [-0.05, 0) is 44.4 Å². The molecule has 7 nitrogen and oxygen atoms in total. The minimum Gasteiger partial charge on any atom is -0.507 e. The molecule has 0 radical (unpaired) electrons. The minimum absolute atomic E-state index is 0.00857. The van der Waals surface area contributed by atoms with Crippen LogP contribution in [0.3, 0.4) is 0 Å². The van der Waals surface area contributed by atoms with Crippen molar-refractivity contribution in [3.8, 4) is 5.75 Å². The molecule has 1 aliphatic heterocycles. The maximum absolute atomic E-state index is 14.1. The van der Waals surface area contributed by atoms with E-state index in [1.54, 1.807) is 24.4 Å². The van der Waals surface area contributed by atoms with E-state index in [0.29, 0.717) is 12.2 Å². The van der Waals surface area contributed by atoms with Crippen LogP contribution in [0.4, 0.5) is 4.39 Å². The molecule has 0 bridgehead atoms.